The Labute approximate surface area is 105 Å². The Bertz CT molecular complexity index is 188. The highest BCUT2D eigenvalue weighted by molar-refractivity contribution is 7.99. The van der Waals surface area contributed by atoms with Crippen molar-refractivity contribution in [1.82, 2.24) is 5.32 Å². The molecule has 0 unspecified atom stereocenters. The first-order valence-corrected chi connectivity index (χ1v) is 7.67. The van der Waals surface area contributed by atoms with Crippen LogP contribution in [0.2, 0.25) is 0 Å². The van der Waals surface area contributed by atoms with Crippen molar-refractivity contribution in [2.75, 3.05) is 19.9 Å². The van der Waals surface area contributed by atoms with Gasteiger partial charge >= 0.3 is 0 Å². The van der Waals surface area contributed by atoms with E-state index in [0.717, 1.165) is 24.3 Å². The normalized spacial score (nSPS) is 27.0. The summed E-state index contributed by atoms with van der Waals surface area (Å²) in [7, 11) is 1.80. The fourth-order valence-corrected chi connectivity index (χ4v) is 2.93. The van der Waals surface area contributed by atoms with Crippen LogP contribution in [0.5, 0.6) is 0 Å². The third kappa shape index (κ3) is 5.07. The molecule has 1 N–H and O–H groups in total. The van der Waals surface area contributed by atoms with Crippen molar-refractivity contribution in [1.29, 1.82) is 0 Å². The molecule has 0 aliphatic heterocycles. The summed E-state index contributed by atoms with van der Waals surface area (Å²) in [5, 5.41) is 4.58. The van der Waals surface area contributed by atoms with Crippen molar-refractivity contribution in [2.45, 2.75) is 62.8 Å². The molecule has 0 aromatic rings. The molecule has 1 aliphatic carbocycles. The average Bonchev–Trinajstić information content (AvgIpc) is 2.30. The molecular formula is C13H27NOS. The summed E-state index contributed by atoms with van der Waals surface area (Å²) in [6.07, 6.45) is 8.78. The van der Waals surface area contributed by atoms with Gasteiger partial charge in [0, 0.05) is 18.4 Å². The topological polar surface area (TPSA) is 21.3 Å². The molecule has 0 amide bonds. The second-order valence-corrected chi connectivity index (χ2v) is 6.52. The van der Waals surface area contributed by atoms with Crippen molar-refractivity contribution < 1.29 is 4.74 Å². The van der Waals surface area contributed by atoms with Gasteiger partial charge in [0.15, 0.2) is 0 Å². The second-order valence-electron chi connectivity index (χ2n) is 5.38. The Morgan fingerprint density at radius 3 is 2.38 bits per heavy atom. The molecule has 1 aliphatic rings. The molecule has 96 valence electrons. The zero-order chi connectivity index (χ0) is 12.0. The number of methoxy groups -OCH3 is 1. The van der Waals surface area contributed by atoms with Crippen LogP contribution >= 0.6 is 11.8 Å². The summed E-state index contributed by atoms with van der Waals surface area (Å²) < 4.78 is 5.42. The molecule has 0 aromatic carbocycles. The fourth-order valence-electron chi connectivity index (χ4n) is 2.18. The molecule has 0 bridgehead atoms. The van der Waals surface area contributed by atoms with E-state index in [9.17, 15) is 0 Å². The molecule has 16 heavy (non-hydrogen) atoms. The Hall–Kier alpha value is 0.270. The first-order valence-electron chi connectivity index (χ1n) is 6.39. The lowest BCUT2D eigenvalue weighted by Crippen LogP contribution is -2.37. The van der Waals surface area contributed by atoms with Crippen molar-refractivity contribution in [3.63, 3.8) is 0 Å². The zero-order valence-electron chi connectivity index (χ0n) is 11.2. The summed E-state index contributed by atoms with van der Waals surface area (Å²) in [6, 6.07) is 0.746. The molecule has 1 saturated carbocycles. The SMILES string of the molecule is COC(C)(C)CCNC1CCC(SC)CC1. The van der Waals surface area contributed by atoms with Gasteiger partial charge in [-0.25, -0.2) is 0 Å². The largest absolute Gasteiger partial charge is 0.379 e. The highest BCUT2D eigenvalue weighted by atomic mass is 32.2. The molecule has 2 nitrogen and oxygen atoms in total. The number of rotatable bonds is 6. The van der Waals surface area contributed by atoms with Crippen LogP contribution in [-0.4, -0.2) is 36.8 Å². The van der Waals surface area contributed by atoms with Crippen molar-refractivity contribution in [2.24, 2.45) is 0 Å². The van der Waals surface area contributed by atoms with Crippen LogP contribution in [0.1, 0.15) is 46.0 Å². The molecule has 0 aromatic heterocycles. The maximum absolute atomic E-state index is 5.42. The van der Waals surface area contributed by atoms with Gasteiger partial charge < -0.3 is 10.1 Å². The zero-order valence-corrected chi connectivity index (χ0v) is 12.0. The molecule has 1 fully saturated rings. The highest BCUT2D eigenvalue weighted by Crippen LogP contribution is 2.26. The molecule has 0 heterocycles. The number of thioether (sulfide) groups is 1. The smallest absolute Gasteiger partial charge is 0.0634 e. The molecule has 0 spiro atoms. The van der Waals surface area contributed by atoms with Crippen molar-refractivity contribution >= 4 is 11.8 Å². The lowest BCUT2D eigenvalue weighted by atomic mass is 9.94. The quantitative estimate of drug-likeness (QED) is 0.777. The van der Waals surface area contributed by atoms with Crippen LogP contribution < -0.4 is 5.32 Å². The van der Waals surface area contributed by atoms with Gasteiger partial charge in [-0.15, -0.1) is 0 Å². The van der Waals surface area contributed by atoms with E-state index >= 15 is 0 Å². The van der Waals surface area contributed by atoms with E-state index in [4.69, 9.17) is 4.74 Å². The van der Waals surface area contributed by atoms with Crippen molar-refractivity contribution in [3.8, 4) is 0 Å². The molecule has 0 radical (unpaired) electrons. The van der Waals surface area contributed by atoms with Crippen LogP contribution in [-0.2, 0) is 4.74 Å². The summed E-state index contributed by atoms with van der Waals surface area (Å²) in [6.45, 7) is 5.38. The summed E-state index contributed by atoms with van der Waals surface area (Å²) in [5.41, 5.74) is 0.0173. The van der Waals surface area contributed by atoms with E-state index < -0.39 is 0 Å². The fraction of sp³-hybridized carbons (Fsp3) is 1.00. The van der Waals surface area contributed by atoms with Gasteiger partial charge in [-0.2, -0.15) is 11.8 Å². The molecule has 0 saturated heterocycles. The monoisotopic (exact) mass is 245 g/mol. The van der Waals surface area contributed by atoms with Crippen LogP contribution in [0, 0.1) is 0 Å². The van der Waals surface area contributed by atoms with Crippen molar-refractivity contribution in [3.05, 3.63) is 0 Å². The highest BCUT2D eigenvalue weighted by Gasteiger charge is 2.21. The van der Waals surface area contributed by atoms with Crippen LogP contribution in [0.4, 0.5) is 0 Å². The van der Waals surface area contributed by atoms with Gasteiger partial charge in [0.1, 0.15) is 0 Å². The van der Waals surface area contributed by atoms with Gasteiger partial charge in [0.25, 0.3) is 0 Å². The third-order valence-corrected chi connectivity index (χ3v) is 4.86. The minimum absolute atomic E-state index is 0.0173. The Morgan fingerprint density at radius 1 is 1.25 bits per heavy atom. The Kier molecular flexibility index (Phi) is 6.16. The van der Waals surface area contributed by atoms with Gasteiger partial charge in [-0.1, -0.05) is 0 Å². The van der Waals surface area contributed by atoms with E-state index in [2.05, 4.69) is 25.4 Å². The van der Waals surface area contributed by atoms with E-state index in [1.165, 1.54) is 25.7 Å². The summed E-state index contributed by atoms with van der Waals surface area (Å²) in [5.74, 6) is 0. The predicted octanol–water partition coefficient (Wildman–Crippen LogP) is 3.07. The molecule has 1 rings (SSSR count). The third-order valence-electron chi connectivity index (χ3n) is 3.72. The van der Waals surface area contributed by atoms with E-state index in [1.54, 1.807) is 7.11 Å². The maximum Gasteiger partial charge on any atom is 0.0634 e. The number of nitrogens with one attached hydrogen (secondary N) is 1. The summed E-state index contributed by atoms with van der Waals surface area (Å²) >= 11 is 2.03. The Balaban J connectivity index is 2.11. The van der Waals surface area contributed by atoms with Gasteiger partial charge in [0.05, 0.1) is 5.60 Å². The first-order chi connectivity index (χ1) is 7.57. The number of hydrogen-bond donors (Lipinski definition) is 1. The van der Waals surface area contributed by atoms with Crippen LogP contribution in [0.15, 0.2) is 0 Å². The summed E-state index contributed by atoms with van der Waals surface area (Å²) in [4.78, 5) is 0. The maximum atomic E-state index is 5.42. The number of ether oxygens (including phenoxy) is 1. The van der Waals surface area contributed by atoms with Gasteiger partial charge in [0.2, 0.25) is 0 Å². The average molecular weight is 245 g/mol. The molecular weight excluding hydrogens is 218 g/mol. The minimum atomic E-state index is 0.0173. The molecule has 3 heteroatoms. The number of hydrogen-bond acceptors (Lipinski definition) is 3. The Morgan fingerprint density at radius 2 is 1.88 bits per heavy atom. The lowest BCUT2D eigenvalue weighted by Gasteiger charge is -2.30. The first kappa shape index (κ1) is 14.3. The van der Waals surface area contributed by atoms with E-state index in [1.807, 2.05) is 11.8 Å². The van der Waals surface area contributed by atoms with E-state index in [-0.39, 0.29) is 5.60 Å². The van der Waals surface area contributed by atoms with E-state index in [0.29, 0.717) is 0 Å². The van der Waals surface area contributed by atoms with Crippen LogP contribution in [0.3, 0.4) is 0 Å². The minimum Gasteiger partial charge on any atom is -0.379 e. The van der Waals surface area contributed by atoms with Gasteiger partial charge in [-0.05, 0) is 58.8 Å². The second kappa shape index (κ2) is 6.87. The lowest BCUT2D eigenvalue weighted by molar-refractivity contribution is 0.0151. The van der Waals surface area contributed by atoms with Crippen LogP contribution in [0.25, 0.3) is 0 Å². The standard InChI is InChI=1S/C13H27NOS/c1-13(2,15-3)9-10-14-11-5-7-12(16-4)8-6-11/h11-12,14H,5-10H2,1-4H3. The molecule has 0 atom stereocenters. The van der Waals surface area contributed by atoms with Gasteiger partial charge in [-0.3, -0.25) is 0 Å². The predicted molar refractivity (Wildman–Crippen MR) is 73.3 cm³/mol.